The van der Waals surface area contributed by atoms with Gasteiger partial charge in [0, 0.05) is 6.04 Å². The molecule has 0 spiro atoms. The molecule has 20 heavy (non-hydrogen) atoms. The summed E-state index contributed by atoms with van der Waals surface area (Å²) in [6.45, 7) is 8.27. The molecule has 0 aromatic heterocycles. The van der Waals surface area contributed by atoms with Crippen LogP contribution in [0.1, 0.15) is 97.8 Å². The highest BCUT2D eigenvalue weighted by Gasteiger charge is 2.29. The van der Waals surface area contributed by atoms with E-state index in [0.717, 1.165) is 17.9 Å². The summed E-state index contributed by atoms with van der Waals surface area (Å²) >= 11 is 0. The Kier molecular flexibility index (Phi) is 10.4. The topological polar surface area (TPSA) is 12.0 Å². The molecule has 1 rings (SSSR count). The Morgan fingerprint density at radius 1 is 0.900 bits per heavy atom. The summed E-state index contributed by atoms with van der Waals surface area (Å²) in [7, 11) is 0. The standard InChI is InChI=1S/C19H39N/c1-4-6-7-8-9-10-11-15-19(20-16-5-2)18-14-12-13-17(18)3/h17-20H,4-16H2,1-3H3. The summed E-state index contributed by atoms with van der Waals surface area (Å²) in [6.07, 6.45) is 17.2. The lowest BCUT2D eigenvalue weighted by molar-refractivity contribution is 0.277. The van der Waals surface area contributed by atoms with Crippen LogP contribution in [0.4, 0.5) is 0 Å². The van der Waals surface area contributed by atoms with Crippen molar-refractivity contribution in [3.8, 4) is 0 Å². The van der Waals surface area contributed by atoms with Gasteiger partial charge in [0.25, 0.3) is 0 Å². The predicted molar refractivity (Wildman–Crippen MR) is 91.2 cm³/mol. The molecule has 120 valence electrons. The second-order valence-electron chi connectivity index (χ2n) is 7.04. The van der Waals surface area contributed by atoms with Crippen molar-refractivity contribution in [2.24, 2.45) is 11.8 Å². The van der Waals surface area contributed by atoms with Crippen molar-refractivity contribution in [3.05, 3.63) is 0 Å². The molecule has 0 bridgehead atoms. The molecular formula is C19H39N. The fourth-order valence-electron chi connectivity index (χ4n) is 3.89. The highest BCUT2D eigenvalue weighted by Crippen LogP contribution is 2.35. The lowest BCUT2D eigenvalue weighted by atomic mass is 9.87. The Bertz CT molecular complexity index is 214. The Morgan fingerprint density at radius 3 is 2.20 bits per heavy atom. The van der Waals surface area contributed by atoms with E-state index in [1.807, 2.05) is 0 Å². The molecular weight excluding hydrogens is 242 g/mol. The van der Waals surface area contributed by atoms with Crippen LogP contribution in [0, 0.1) is 11.8 Å². The highest BCUT2D eigenvalue weighted by molar-refractivity contribution is 4.84. The SMILES string of the molecule is CCCCCCCCCC(NCCC)C1CCCC1C. The number of hydrogen-bond donors (Lipinski definition) is 1. The molecule has 3 unspecified atom stereocenters. The van der Waals surface area contributed by atoms with E-state index >= 15 is 0 Å². The summed E-state index contributed by atoms with van der Waals surface area (Å²) in [5, 5.41) is 3.85. The van der Waals surface area contributed by atoms with E-state index in [2.05, 4.69) is 26.1 Å². The van der Waals surface area contributed by atoms with Gasteiger partial charge in [-0.2, -0.15) is 0 Å². The molecule has 0 radical (unpaired) electrons. The summed E-state index contributed by atoms with van der Waals surface area (Å²) in [5.74, 6) is 1.91. The van der Waals surface area contributed by atoms with E-state index in [9.17, 15) is 0 Å². The van der Waals surface area contributed by atoms with Gasteiger partial charge >= 0.3 is 0 Å². The normalized spacial score (nSPS) is 24.1. The van der Waals surface area contributed by atoms with Crippen molar-refractivity contribution in [2.45, 2.75) is 104 Å². The molecule has 0 heterocycles. The molecule has 1 aliphatic carbocycles. The van der Waals surface area contributed by atoms with Gasteiger partial charge in [0.15, 0.2) is 0 Å². The van der Waals surface area contributed by atoms with Crippen molar-refractivity contribution in [1.82, 2.24) is 5.32 Å². The molecule has 1 aliphatic rings. The van der Waals surface area contributed by atoms with Crippen LogP contribution in [-0.2, 0) is 0 Å². The van der Waals surface area contributed by atoms with Crippen LogP contribution >= 0.6 is 0 Å². The Hall–Kier alpha value is -0.0400. The van der Waals surface area contributed by atoms with Crippen LogP contribution in [0.2, 0.25) is 0 Å². The van der Waals surface area contributed by atoms with Gasteiger partial charge in [0.05, 0.1) is 0 Å². The van der Waals surface area contributed by atoms with Gasteiger partial charge in [-0.05, 0) is 37.6 Å². The van der Waals surface area contributed by atoms with Crippen molar-refractivity contribution < 1.29 is 0 Å². The third-order valence-corrected chi connectivity index (χ3v) is 5.22. The summed E-state index contributed by atoms with van der Waals surface area (Å²) in [6, 6.07) is 0.808. The first kappa shape index (κ1) is 18.0. The smallest absolute Gasteiger partial charge is 0.00978 e. The van der Waals surface area contributed by atoms with Gasteiger partial charge in [-0.1, -0.05) is 78.6 Å². The molecule has 1 heteroatoms. The van der Waals surface area contributed by atoms with E-state index < -0.39 is 0 Å². The minimum Gasteiger partial charge on any atom is -0.314 e. The molecule has 1 saturated carbocycles. The van der Waals surface area contributed by atoms with Crippen LogP contribution < -0.4 is 5.32 Å². The number of nitrogens with one attached hydrogen (secondary N) is 1. The monoisotopic (exact) mass is 281 g/mol. The van der Waals surface area contributed by atoms with Crippen molar-refractivity contribution in [3.63, 3.8) is 0 Å². The zero-order chi connectivity index (χ0) is 14.6. The lowest BCUT2D eigenvalue weighted by Crippen LogP contribution is -2.37. The highest BCUT2D eigenvalue weighted by atomic mass is 14.9. The fraction of sp³-hybridized carbons (Fsp3) is 1.00. The third-order valence-electron chi connectivity index (χ3n) is 5.22. The maximum Gasteiger partial charge on any atom is 0.00978 e. The number of unbranched alkanes of at least 4 members (excludes halogenated alkanes) is 6. The van der Waals surface area contributed by atoms with Gasteiger partial charge in [-0.3, -0.25) is 0 Å². The quantitative estimate of drug-likeness (QED) is 0.437. The zero-order valence-electron chi connectivity index (χ0n) is 14.4. The number of rotatable bonds is 12. The Morgan fingerprint density at radius 2 is 1.60 bits per heavy atom. The molecule has 0 aromatic carbocycles. The molecule has 0 amide bonds. The second kappa shape index (κ2) is 11.6. The van der Waals surface area contributed by atoms with Gasteiger partial charge < -0.3 is 5.32 Å². The first-order chi connectivity index (χ1) is 9.79. The molecule has 0 saturated heterocycles. The summed E-state index contributed by atoms with van der Waals surface area (Å²) in [5.41, 5.74) is 0. The van der Waals surface area contributed by atoms with Crippen LogP contribution in [0.25, 0.3) is 0 Å². The second-order valence-corrected chi connectivity index (χ2v) is 7.04. The Labute approximate surface area is 128 Å². The minimum absolute atomic E-state index is 0.808. The van der Waals surface area contributed by atoms with E-state index in [1.165, 1.54) is 83.6 Å². The van der Waals surface area contributed by atoms with Crippen molar-refractivity contribution in [1.29, 1.82) is 0 Å². The molecule has 3 atom stereocenters. The maximum absolute atomic E-state index is 3.85. The summed E-state index contributed by atoms with van der Waals surface area (Å²) < 4.78 is 0. The largest absolute Gasteiger partial charge is 0.314 e. The average Bonchev–Trinajstić information content (AvgIpc) is 2.87. The van der Waals surface area contributed by atoms with E-state index in [1.54, 1.807) is 0 Å². The molecule has 1 fully saturated rings. The first-order valence-corrected chi connectivity index (χ1v) is 9.53. The zero-order valence-corrected chi connectivity index (χ0v) is 14.4. The van der Waals surface area contributed by atoms with E-state index in [-0.39, 0.29) is 0 Å². The third kappa shape index (κ3) is 7.11. The van der Waals surface area contributed by atoms with Crippen molar-refractivity contribution >= 4 is 0 Å². The van der Waals surface area contributed by atoms with E-state index in [4.69, 9.17) is 0 Å². The van der Waals surface area contributed by atoms with Crippen LogP contribution in [0.15, 0.2) is 0 Å². The number of hydrogen-bond acceptors (Lipinski definition) is 1. The van der Waals surface area contributed by atoms with Crippen LogP contribution in [-0.4, -0.2) is 12.6 Å². The first-order valence-electron chi connectivity index (χ1n) is 9.53. The molecule has 1 nitrogen and oxygen atoms in total. The average molecular weight is 282 g/mol. The lowest BCUT2D eigenvalue weighted by Gasteiger charge is -2.28. The molecule has 0 aliphatic heterocycles. The van der Waals surface area contributed by atoms with Gasteiger partial charge in [-0.25, -0.2) is 0 Å². The van der Waals surface area contributed by atoms with Crippen LogP contribution in [0.3, 0.4) is 0 Å². The maximum atomic E-state index is 3.85. The van der Waals surface area contributed by atoms with Gasteiger partial charge in [-0.15, -0.1) is 0 Å². The molecule has 1 N–H and O–H groups in total. The molecule has 0 aromatic rings. The summed E-state index contributed by atoms with van der Waals surface area (Å²) in [4.78, 5) is 0. The van der Waals surface area contributed by atoms with Crippen molar-refractivity contribution in [2.75, 3.05) is 6.54 Å². The van der Waals surface area contributed by atoms with E-state index in [0.29, 0.717) is 0 Å². The van der Waals surface area contributed by atoms with Gasteiger partial charge in [0.2, 0.25) is 0 Å². The Balaban J connectivity index is 2.16. The minimum atomic E-state index is 0.808. The fourth-order valence-corrected chi connectivity index (χ4v) is 3.89. The predicted octanol–water partition coefficient (Wildman–Crippen LogP) is 5.93. The van der Waals surface area contributed by atoms with Gasteiger partial charge in [0.1, 0.15) is 0 Å². The van der Waals surface area contributed by atoms with Crippen LogP contribution in [0.5, 0.6) is 0 Å².